The average Bonchev–Trinajstić information content (AvgIpc) is 1.84. The van der Waals surface area contributed by atoms with E-state index in [1.807, 2.05) is 0 Å². The molecule has 0 atom stereocenters. The van der Waals surface area contributed by atoms with Crippen LogP contribution in [0.3, 0.4) is 0 Å². The highest BCUT2D eigenvalue weighted by Gasteiger charge is 2.00. The molecular formula is C8H10O. The standard InChI is InChI=1S/C8H10O/c1-5-8(9)7(4)6(2)3/h5H,1-2,4H2,3H3. The SMILES string of the molecule is C=CC(=O)C(=C)C(=C)C. The Balaban J connectivity index is 4.22. The van der Waals surface area contributed by atoms with Gasteiger partial charge in [-0.25, -0.2) is 0 Å². The maximum absolute atomic E-state index is 10.7. The minimum absolute atomic E-state index is 0.150. The largest absolute Gasteiger partial charge is 0.289 e. The van der Waals surface area contributed by atoms with Gasteiger partial charge in [0, 0.05) is 5.57 Å². The minimum atomic E-state index is -0.150. The van der Waals surface area contributed by atoms with E-state index in [2.05, 4.69) is 19.7 Å². The van der Waals surface area contributed by atoms with E-state index in [-0.39, 0.29) is 5.78 Å². The van der Waals surface area contributed by atoms with E-state index in [1.165, 1.54) is 6.08 Å². The molecule has 0 aliphatic heterocycles. The number of carbonyl (C=O) groups is 1. The Morgan fingerprint density at radius 2 is 1.89 bits per heavy atom. The molecule has 1 nitrogen and oxygen atoms in total. The van der Waals surface area contributed by atoms with Crippen molar-refractivity contribution in [2.24, 2.45) is 0 Å². The third kappa shape index (κ3) is 2.08. The number of hydrogen-bond donors (Lipinski definition) is 0. The predicted molar refractivity (Wildman–Crippen MR) is 39.2 cm³/mol. The van der Waals surface area contributed by atoms with Crippen molar-refractivity contribution in [3.63, 3.8) is 0 Å². The Labute approximate surface area is 55.4 Å². The fraction of sp³-hybridized carbons (Fsp3) is 0.125. The van der Waals surface area contributed by atoms with Crippen molar-refractivity contribution in [3.8, 4) is 0 Å². The first-order chi connectivity index (χ1) is 4.09. The highest BCUT2D eigenvalue weighted by atomic mass is 16.1. The van der Waals surface area contributed by atoms with Crippen molar-refractivity contribution in [3.05, 3.63) is 37.0 Å². The van der Waals surface area contributed by atoms with E-state index >= 15 is 0 Å². The van der Waals surface area contributed by atoms with Crippen molar-refractivity contribution in [1.29, 1.82) is 0 Å². The summed E-state index contributed by atoms with van der Waals surface area (Å²) in [4.78, 5) is 10.7. The van der Waals surface area contributed by atoms with E-state index < -0.39 is 0 Å². The smallest absolute Gasteiger partial charge is 0.184 e. The first kappa shape index (κ1) is 7.89. The molecule has 0 saturated heterocycles. The van der Waals surface area contributed by atoms with Gasteiger partial charge < -0.3 is 0 Å². The van der Waals surface area contributed by atoms with Crippen LogP contribution in [0.1, 0.15) is 6.92 Å². The Bertz CT molecular complexity index is 175. The quantitative estimate of drug-likeness (QED) is 0.412. The van der Waals surface area contributed by atoms with E-state index in [9.17, 15) is 4.79 Å². The van der Waals surface area contributed by atoms with Gasteiger partial charge in [-0.2, -0.15) is 0 Å². The molecule has 0 bridgehead atoms. The van der Waals surface area contributed by atoms with Gasteiger partial charge in [-0.1, -0.05) is 19.7 Å². The molecular weight excluding hydrogens is 112 g/mol. The lowest BCUT2D eigenvalue weighted by molar-refractivity contribution is -0.111. The van der Waals surface area contributed by atoms with Crippen LogP contribution in [0.2, 0.25) is 0 Å². The molecule has 0 heterocycles. The minimum Gasteiger partial charge on any atom is -0.289 e. The van der Waals surface area contributed by atoms with Crippen LogP contribution in [-0.2, 0) is 4.79 Å². The third-order valence-electron chi connectivity index (χ3n) is 0.998. The van der Waals surface area contributed by atoms with Crippen molar-refractivity contribution < 1.29 is 4.79 Å². The highest BCUT2D eigenvalue weighted by molar-refractivity contribution is 6.06. The van der Waals surface area contributed by atoms with Gasteiger partial charge in [-0.05, 0) is 18.6 Å². The van der Waals surface area contributed by atoms with Crippen LogP contribution < -0.4 is 0 Å². The monoisotopic (exact) mass is 122 g/mol. The molecule has 0 aliphatic carbocycles. The van der Waals surface area contributed by atoms with Gasteiger partial charge >= 0.3 is 0 Å². The summed E-state index contributed by atoms with van der Waals surface area (Å²) >= 11 is 0. The molecule has 0 aromatic carbocycles. The first-order valence-electron chi connectivity index (χ1n) is 2.61. The number of rotatable bonds is 3. The van der Waals surface area contributed by atoms with Crippen LogP contribution in [0.25, 0.3) is 0 Å². The van der Waals surface area contributed by atoms with Crippen LogP contribution in [-0.4, -0.2) is 5.78 Å². The van der Waals surface area contributed by atoms with E-state index in [0.717, 1.165) is 0 Å². The maximum Gasteiger partial charge on any atom is 0.184 e. The van der Waals surface area contributed by atoms with Crippen molar-refractivity contribution in [2.75, 3.05) is 0 Å². The fourth-order valence-corrected chi connectivity index (χ4v) is 0.334. The van der Waals surface area contributed by atoms with Crippen LogP contribution in [0.5, 0.6) is 0 Å². The summed E-state index contributed by atoms with van der Waals surface area (Å²) < 4.78 is 0. The summed E-state index contributed by atoms with van der Waals surface area (Å²) in [5.41, 5.74) is 1.13. The van der Waals surface area contributed by atoms with Crippen LogP contribution in [0, 0.1) is 0 Å². The molecule has 0 unspecified atom stereocenters. The molecule has 0 spiro atoms. The highest BCUT2D eigenvalue weighted by Crippen LogP contribution is 2.04. The predicted octanol–water partition coefficient (Wildman–Crippen LogP) is 1.87. The lowest BCUT2D eigenvalue weighted by Gasteiger charge is -1.95. The fourth-order valence-electron chi connectivity index (χ4n) is 0.334. The molecule has 0 rings (SSSR count). The lowest BCUT2D eigenvalue weighted by atomic mass is 10.1. The Morgan fingerprint density at radius 3 is 2.00 bits per heavy atom. The van der Waals surface area contributed by atoms with Gasteiger partial charge in [-0.15, -0.1) is 0 Å². The second-order valence-electron chi connectivity index (χ2n) is 1.83. The van der Waals surface area contributed by atoms with Crippen LogP contribution >= 0.6 is 0 Å². The molecule has 0 aromatic heterocycles. The zero-order valence-electron chi connectivity index (χ0n) is 5.61. The summed E-state index contributed by atoms with van der Waals surface area (Å²) in [6, 6.07) is 0. The summed E-state index contributed by atoms with van der Waals surface area (Å²) in [7, 11) is 0. The zero-order valence-corrected chi connectivity index (χ0v) is 5.61. The van der Waals surface area contributed by atoms with Gasteiger partial charge in [0.05, 0.1) is 0 Å². The molecule has 1 heteroatoms. The van der Waals surface area contributed by atoms with Crippen molar-refractivity contribution in [1.82, 2.24) is 0 Å². The van der Waals surface area contributed by atoms with Crippen LogP contribution in [0.4, 0.5) is 0 Å². The maximum atomic E-state index is 10.7. The van der Waals surface area contributed by atoms with E-state index in [1.54, 1.807) is 6.92 Å². The Morgan fingerprint density at radius 1 is 1.44 bits per heavy atom. The topological polar surface area (TPSA) is 17.1 Å². The molecule has 9 heavy (non-hydrogen) atoms. The zero-order chi connectivity index (χ0) is 7.44. The Hall–Kier alpha value is -1.11. The van der Waals surface area contributed by atoms with E-state index in [4.69, 9.17) is 0 Å². The Kier molecular flexibility index (Phi) is 2.65. The molecule has 0 radical (unpaired) electrons. The van der Waals surface area contributed by atoms with Crippen molar-refractivity contribution >= 4 is 5.78 Å². The molecule has 0 saturated carbocycles. The number of ketones is 1. The molecule has 0 amide bonds. The van der Waals surface area contributed by atoms with E-state index in [0.29, 0.717) is 11.1 Å². The summed E-state index contributed by atoms with van der Waals surface area (Å²) in [5, 5.41) is 0. The van der Waals surface area contributed by atoms with Crippen molar-refractivity contribution in [2.45, 2.75) is 6.92 Å². The third-order valence-corrected chi connectivity index (χ3v) is 0.998. The van der Waals surface area contributed by atoms with Gasteiger partial charge in [-0.3, -0.25) is 4.79 Å². The van der Waals surface area contributed by atoms with Gasteiger partial charge in [0.2, 0.25) is 0 Å². The summed E-state index contributed by atoms with van der Waals surface area (Å²) in [6.07, 6.45) is 1.23. The second kappa shape index (κ2) is 3.02. The number of carbonyl (C=O) groups excluding carboxylic acids is 1. The first-order valence-corrected chi connectivity index (χ1v) is 2.61. The van der Waals surface area contributed by atoms with Crippen LogP contribution in [0.15, 0.2) is 37.0 Å². The van der Waals surface area contributed by atoms with Gasteiger partial charge in [0.1, 0.15) is 0 Å². The molecule has 48 valence electrons. The molecule has 0 N–H and O–H groups in total. The number of hydrogen-bond acceptors (Lipinski definition) is 1. The molecule has 0 aliphatic rings. The second-order valence-corrected chi connectivity index (χ2v) is 1.83. The van der Waals surface area contributed by atoms with Gasteiger partial charge in [0.25, 0.3) is 0 Å². The molecule has 0 aromatic rings. The van der Waals surface area contributed by atoms with Gasteiger partial charge in [0.15, 0.2) is 5.78 Å². The lowest BCUT2D eigenvalue weighted by Crippen LogP contribution is -1.95. The number of allylic oxidation sites excluding steroid dienone is 3. The summed E-state index contributed by atoms with van der Waals surface area (Å²) in [6.45, 7) is 12.1. The summed E-state index contributed by atoms with van der Waals surface area (Å²) in [5.74, 6) is -0.150. The molecule has 0 fully saturated rings. The normalized spacial score (nSPS) is 8.11. The average molecular weight is 122 g/mol.